The number of carbonyl (C=O) groups excluding carboxylic acids is 1. The van der Waals surface area contributed by atoms with Gasteiger partial charge < -0.3 is 10.0 Å². The largest absolute Gasteiger partial charge is 0.391 e. The lowest BCUT2D eigenvalue weighted by Crippen LogP contribution is -2.41. The maximum Gasteiger partial charge on any atom is 0.223 e. The van der Waals surface area contributed by atoms with E-state index in [2.05, 4.69) is 0 Å². The van der Waals surface area contributed by atoms with Crippen LogP contribution in [-0.2, 0) is 11.3 Å². The molecule has 0 aromatic heterocycles. The molecule has 0 spiro atoms. The Morgan fingerprint density at radius 2 is 2.07 bits per heavy atom. The Hall–Kier alpha value is -1.35. The first-order valence-electron chi connectivity index (χ1n) is 5.25. The molecule has 0 unspecified atom stereocenters. The number of likely N-dealkylation sites (tertiary alicyclic amines) is 1. The maximum absolute atomic E-state index is 11.6. The lowest BCUT2D eigenvalue weighted by molar-refractivity contribution is -0.137. The van der Waals surface area contributed by atoms with Gasteiger partial charge in [0.2, 0.25) is 5.91 Å². The van der Waals surface area contributed by atoms with Gasteiger partial charge >= 0.3 is 0 Å². The van der Waals surface area contributed by atoms with Crippen LogP contribution < -0.4 is 0 Å². The van der Waals surface area contributed by atoms with Crippen LogP contribution in [0.4, 0.5) is 0 Å². The molecule has 3 nitrogen and oxygen atoms in total. The lowest BCUT2D eigenvalue weighted by Gasteiger charge is -2.30. The Labute approximate surface area is 89.3 Å². The molecule has 0 radical (unpaired) electrons. The van der Waals surface area contributed by atoms with Crippen molar-refractivity contribution in [3.05, 3.63) is 35.9 Å². The van der Waals surface area contributed by atoms with Gasteiger partial charge in [-0.25, -0.2) is 0 Å². The van der Waals surface area contributed by atoms with Gasteiger partial charge in [0, 0.05) is 19.5 Å². The molecule has 1 aromatic rings. The number of benzene rings is 1. The van der Waals surface area contributed by atoms with Crippen molar-refractivity contribution < 1.29 is 9.90 Å². The van der Waals surface area contributed by atoms with Crippen LogP contribution in [0.25, 0.3) is 0 Å². The third kappa shape index (κ3) is 2.57. The molecular weight excluding hydrogens is 190 g/mol. The first kappa shape index (κ1) is 10.2. The van der Waals surface area contributed by atoms with Gasteiger partial charge in [0.05, 0.1) is 6.10 Å². The molecule has 0 saturated carbocycles. The first-order chi connectivity index (χ1) is 7.25. The smallest absolute Gasteiger partial charge is 0.223 e. The zero-order valence-electron chi connectivity index (χ0n) is 8.60. The van der Waals surface area contributed by atoms with E-state index < -0.39 is 0 Å². The fourth-order valence-electron chi connectivity index (χ4n) is 1.85. The van der Waals surface area contributed by atoms with Gasteiger partial charge in [0.1, 0.15) is 0 Å². The van der Waals surface area contributed by atoms with E-state index >= 15 is 0 Å². The lowest BCUT2D eigenvalue weighted by atomic mass is 10.1. The van der Waals surface area contributed by atoms with Crippen molar-refractivity contribution in [1.82, 2.24) is 4.90 Å². The number of aliphatic hydroxyl groups excluding tert-OH is 1. The molecule has 0 aliphatic carbocycles. The highest BCUT2D eigenvalue weighted by atomic mass is 16.3. The standard InChI is InChI=1S/C12H15NO2/c14-11-6-7-12(15)13(9-11)8-10-4-2-1-3-5-10/h1-5,11,14H,6-9H2/t11-/m0/s1. The molecule has 1 N–H and O–H groups in total. The molecule has 2 rings (SSSR count). The van der Waals surface area contributed by atoms with E-state index in [9.17, 15) is 9.90 Å². The minimum atomic E-state index is -0.355. The minimum Gasteiger partial charge on any atom is -0.391 e. The van der Waals surface area contributed by atoms with Crippen molar-refractivity contribution in [1.29, 1.82) is 0 Å². The summed E-state index contributed by atoms with van der Waals surface area (Å²) in [6.45, 7) is 1.07. The number of amides is 1. The van der Waals surface area contributed by atoms with Crippen LogP contribution in [0.1, 0.15) is 18.4 Å². The van der Waals surface area contributed by atoms with E-state index in [4.69, 9.17) is 0 Å². The molecule has 1 aliphatic heterocycles. The van der Waals surface area contributed by atoms with Crippen molar-refractivity contribution in [2.45, 2.75) is 25.5 Å². The predicted octanol–water partition coefficient (Wildman–Crippen LogP) is 1.17. The van der Waals surface area contributed by atoms with Gasteiger partial charge in [-0.1, -0.05) is 30.3 Å². The highest BCUT2D eigenvalue weighted by molar-refractivity contribution is 5.77. The van der Waals surface area contributed by atoms with Crippen LogP contribution in [-0.4, -0.2) is 28.6 Å². The molecule has 0 bridgehead atoms. The summed E-state index contributed by atoms with van der Waals surface area (Å²) < 4.78 is 0. The molecule has 1 saturated heterocycles. The average molecular weight is 205 g/mol. The molecule has 3 heteroatoms. The number of hydrogen-bond acceptors (Lipinski definition) is 2. The fourth-order valence-corrected chi connectivity index (χ4v) is 1.85. The van der Waals surface area contributed by atoms with Gasteiger partial charge in [0.15, 0.2) is 0 Å². The number of carbonyl (C=O) groups is 1. The van der Waals surface area contributed by atoms with Crippen LogP contribution in [0.3, 0.4) is 0 Å². The second-order valence-corrected chi connectivity index (χ2v) is 3.95. The summed E-state index contributed by atoms with van der Waals surface area (Å²) >= 11 is 0. The molecule has 80 valence electrons. The summed E-state index contributed by atoms with van der Waals surface area (Å²) in [5, 5.41) is 9.48. The van der Waals surface area contributed by atoms with E-state index in [1.807, 2.05) is 30.3 Å². The number of β-amino-alcohol motifs (C(OH)–C–C–N with tert-alkyl or cyclic N) is 1. The third-order valence-electron chi connectivity index (χ3n) is 2.69. The normalized spacial score (nSPS) is 21.8. The Morgan fingerprint density at radius 1 is 1.33 bits per heavy atom. The van der Waals surface area contributed by atoms with Crippen molar-refractivity contribution in [2.75, 3.05) is 6.54 Å². The Morgan fingerprint density at radius 3 is 2.80 bits per heavy atom. The van der Waals surface area contributed by atoms with E-state index in [0.717, 1.165) is 5.56 Å². The number of piperidine rings is 1. The van der Waals surface area contributed by atoms with Gasteiger partial charge in [-0.2, -0.15) is 0 Å². The minimum absolute atomic E-state index is 0.143. The topological polar surface area (TPSA) is 40.5 Å². The van der Waals surface area contributed by atoms with Crippen LogP contribution in [0.2, 0.25) is 0 Å². The predicted molar refractivity (Wildman–Crippen MR) is 57.1 cm³/mol. The Kier molecular flexibility index (Phi) is 3.02. The zero-order valence-corrected chi connectivity index (χ0v) is 8.60. The summed E-state index contributed by atoms with van der Waals surface area (Å²) in [7, 11) is 0. The summed E-state index contributed by atoms with van der Waals surface area (Å²) in [6, 6.07) is 9.86. The first-order valence-corrected chi connectivity index (χ1v) is 5.25. The van der Waals surface area contributed by atoms with Crippen molar-refractivity contribution in [3.8, 4) is 0 Å². The SMILES string of the molecule is O=C1CC[C@H](O)CN1Cc1ccccc1. The summed E-state index contributed by atoms with van der Waals surface area (Å²) in [5.41, 5.74) is 1.11. The van der Waals surface area contributed by atoms with Gasteiger partial charge in [0.25, 0.3) is 0 Å². The molecule has 15 heavy (non-hydrogen) atoms. The molecule has 1 heterocycles. The van der Waals surface area contributed by atoms with Crippen LogP contribution >= 0.6 is 0 Å². The molecule has 1 atom stereocenters. The monoisotopic (exact) mass is 205 g/mol. The highest BCUT2D eigenvalue weighted by Gasteiger charge is 2.23. The number of aliphatic hydroxyl groups is 1. The van der Waals surface area contributed by atoms with Crippen molar-refractivity contribution in [2.24, 2.45) is 0 Å². The number of nitrogens with zero attached hydrogens (tertiary/aromatic N) is 1. The molecular formula is C12H15NO2. The number of rotatable bonds is 2. The van der Waals surface area contributed by atoms with E-state index in [1.54, 1.807) is 4.90 Å². The Bertz CT molecular complexity index is 337. The highest BCUT2D eigenvalue weighted by Crippen LogP contribution is 2.14. The van der Waals surface area contributed by atoms with E-state index in [1.165, 1.54) is 0 Å². The van der Waals surface area contributed by atoms with E-state index in [-0.39, 0.29) is 12.0 Å². The van der Waals surface area contributed by atoms with Crippen LogP contribution in [0.15, 0.2) is 30.3 Å². The number of hydrogen-bond donors (Lipinski definition) is 1. The summed E-state index contributed by atoms with van der Waals surface area (Å²) in [6.07, 6.45) is 0.712. The van der Waals surface area contributed by atoms with Crippen LogP contribution in [0, 0.1) is 0 Å². The fraction of sp³-hybridized carbons (Fsp3) is 0.417. The van der Waals surface area contributed by atoms with Crippen LogP contribution in [0.5, 0.6) is 0 Å². The van der Waals surface area contributed by atoms with Gasteiger partial charge in [-0.05, 0) is 12.0 Å². The maximum atomic E-state index is 11.6. The second kappa shape index (κ2) is 4.45. The molecule has 1 amide bonds. The third-order valence-corrected chi connectivity index (χ3v) is 2.69. The quantitative estimate of drug-likeness (QED) is 0.787. The van der Waals surface area contributed by atoms with E-state index in [0.29, 0.717) is 25.9 Å². The average Bonchev–Trinajstić information content (AvgIpc) is 2.25. The Balaban J connectivity index is 2.01. The molecule has 1 aliphatic rings. The second-order valence-electron chi connectivity index (χ2n) is 3.95. The van der Waals surface area contributed by atoms with Crippen molar-refractivity contribution in [3.63, 3.8) is 0 Å². The summed E-state index contributed by atoms with van der Waals surface area (Å²) in [5.74, 6) is 0.143. The van der Waals surface area contributed by atoms with Gasteiger partial charge in [-0.3, -0.25) is 4.79 Å². The zero-order chi connectivity index (χ0) is 10.7. The molecule has 1 fully saturated rings. The molecule has 1 aromatic carbocycles. The van der Waals surface area contributed by atoms with Gasteiger partial charge in [-0.15, -0.1) is 0 Å². The van der Waals surface area contributed by atoms with Crippen molar-refractivity contribution >= 4 is 5.91 Å². The summed E-state index contributed by atoms with van der Waals surface area (Å²) in [4.78, 5) is 13.3.